The smallest absolute Gasteiger partial charge is 0.241 e. The van der Waals surface area contributed by atoms with Crippen molar-refractivity contribution in [2.45, 2.75) is 26.7 Å². The van der Waals surface area contributed by atoms with Crippen molar-refractivity contribution in [1.29, 1.82) is 0 Å². The molecule has 34 heavy (non-hydrogen) atoms. The molecule has 1 aromatic carbocycles. The number of anilines is 3. The fourth-order valence-corrected chi connectivity index (χ4v) is 5.11. The van der Waals surface area contributed by atoms with Crippen LogP contribution in [-0.2, 0) is 11.2 Å². The van der Waals surface area contributed by atoms with E-state index in [1.807, 2.05) is 18.7 Å². The third kappa shape index (κ3) is 5.59. The van der Waals surface area contributed by atoms with Crippen LogP contribution in [0.1, 0.15) is 28.8 Å². The van der Waals surface area contributed by atoms with E-state index < -0.39 is 5.91 Å². The summed E-state index contributed by atoms with van der Waals surface area (Å²) in [5.41, 5.74) is 16.1. The summed E-state index contributed by atoms with van der Waals surface area (Å²) >= 11 is 2.00. The Morgan fingerprint density at radius 1 is 1.21 bits per heavy atom. The van der Waals surface area contributed by atoms with Crippen LogP contribution >= 0.6 is 11.8 Å². The number of nitrogens with one attached hydrogen (secondary N) is 1. The molecule has 0 saturated carbocycles. The Kier molecular flexibility index (Phi) is 7.52. The van der Waals surface area contributed by atoms with Gasteiger partial charge in [0.1, 0.15) is 11.6 Å². The largest absolute Gasteiger partial charge is 0.369 e. The van der Waals surface area contributed by atoms with Gasteiger partial charge in [0.05, 0.1) is 11.2 Å². The number of aromatic nitrogens is 3. The second kappa shape index (κ2) is 10.7. The number of hydrogen-bond acceptors (Lipinski definition) is 8. The van der Waals surface area contributed by atoms with Crippen LogP contribution < -0.4 is 21.7 Å². The molecule has 0 aliphatic carbocycles. The molecule has 1 aliphatic rings. The molecule has 0 bridgehead atoms. The van der Waals surface area contributed by atoms with Gasteiger partial charge in [0, 0.05) is 48.2 Å². The van der Waals surface area contributed by atoms with Crippen molar-refractivity contribution < 1.29 is 4.79 Å². The minimum atomic E-state index is -0.523. The van der Waals surface area contributed by atoms with Gasteiger partial charge in [0.15, 0.2) is 0 Å². The first kappa shape index (κ1) is 23.8. The molecule has 1 saturated heterocycles. The topological polar surface area (TPSA) is 123 Å². The van der Waals surface area contributed by atoms with Gasteiger partial charge in [-0.05, 0) is 50.0 Å². The van der Waals surface area contributed by atoms with E-state index in [4.69, 9.17) is 16.5 Å². The van der Waals surface area contributed by atoms with E-state index in [0.717, 1.165) is 48.8 Å². The average Bonchev–Trinajstić information content (AvgIpc) is 2.81. The van der Waals surface area contributed by atoms with Crippen molar-refractivity contribution in [2.24, 2.45) is 5.73 Å². The van der Waals surface area contributed by atoms with E-state index in [-0.39, 0.29) is 5.95 Å². The highest BCUT2D eigenvalue weighted by Crippen LogP contribution is 2.28. The number of primary amides is 1. The number of nitrogen functional groups attached to an aromatic ring is 1. The third-order valence-electron chi connectivity index (χ3n) is 5.90. The standard InChI is InChI=1S/C25H31N7OS/c1-16-5-3-6-18-15-19(24(30-22(16)18)32-11-13-34-14-12-32)7-4-10-28-23-20(8-9-21(26)33)17(2)29-25(27)31-23/h3,5-6,8-9,15H,4,7,10-14H2,1-2H3,(H2,26,33)(H3,27,28,29,31)/b9-8+. The lowest BCUT2D eigenvalue weighted by atomic mass is 10.0. The molecule has 8 nitrogen and oxygen atoms in total. The highest BCUT2D eigenvalue weighted by atomic mass is 32.2. The van der Waals surface area contributed by atoms with Crippen LogP contribution in [0.15, 0.2) is 30.3 Å². The molecule has 5 N–H and O–H groups in total. The molecule has 1 fully saturated rings. The second-order valence-corrected chi connectivity index (χ2v) is 9.64. The predicted molar refractivity (Wildman–Crippen MR) is 142 cm³/mol. The molecule has 1 aliphatic heterocycles. The summed E-state index contributed by atoms with van der Waals surface area (Å²) in [7, 11) is 0. The molecule has 3 aromatic rings. The van der Waals surface area contributed by atoms with Crippen LogP contribution in [0.3, 0.4) is 0 Å². The Morgan fingerprint density at radius 3 is 2.76 bits per heavy atom. The number of nitrogens with two attached hydrogens (primary N) is 2. The summed E-state index contributed by atoms with van der Waals surface area (Å²) in [5.74, 6) is 3.63. The fourth-order valence-electron chi connectivity index (χ4n) is 4.20. The van der Waals surface area contributed by atoms with E-state index in [1.165, 1.54) is 22.6 Å². The first-order valence-corrected chi connectivity index (χ1v) is 12.7. The van der Waals surface area contributed by atoms with E-state index in [9.17, 15) is 4.79 Å². The van der Waals surface area contributed by atoms with Crippen molar-refractivity contribution >= 4 is 52.2 Å². The van der Waals surface area contributed by atoms with Gasteiger partial charge < -0.3 is 21.7 Å². The van der Waals surface area contributed by atoms with E-state index in [2.05, 4.69) is 51.4 Å². The summed E-state index contributed by atoms with van der Waals surface area (Å²) in [6.45, 7) is 6.68. The number of pyridine rings is 1. The lowest BCUT2D eigenvalue weighted by molar-refractivity contribution is -0.113. The minimum Gasteiger partial charge on any atom is -0.369 e. The summed E-state index contributed by atoms with van der Waals surface area (Å²) < 4.78 is 0. The van der Waals surface area contributed by atoms with Crippen LogP contribution in [0.2, 0.25) is 0 Å². The maximum Gasteiger partial charge on any atom is 0.241 e. The first-order chi connectivity index (χ1) is 16.4. The van der Waals surface area contributed by atoms with Crippen molar-refractivity contribution in [1.82, 2.24) is 15.0 Å². The van der Waals surface area contributed by atoms with Crippen molar-refractivity contribution in [3.63, 3.8) is 0 Å². The van der Waals surface area contributed by atoms with Crippen LogP contribution in [0.4, 0.5) is 17.6 Å². The number of hydrogen-bond donors (Lipinski definition) is 3. The van der Waals surface area contributed by atoms with Gasteiger partial charge in [-0.25, -0.2) is 9.97 Å². The Hall–Kier alpha value is -3.33. The van der Waals surface area contributed by atoms with Gasteiger partial charge in [-0.1, -0.05) is 18.2 Å². The molecular formula is C25H31N7OS. The number of rotatable bonds is 8. The molecule has 9 heteroatoms. The minimum absolute atomic E-state index is 0.190. The molecule has 0 atom stereocenters. The van der Waals surface area contributed by atoms with Gasteiger partial charge in [-0.2, -0.15) is 16.7 Å². The Labute approximate surface area is 204 Å². The zero-order valence-electron chi connectivity index (χ0n) is 19.7. The van der Waals surface area contributed by atoms with Gasteiger partial charge in [0.25, 0.3) is 0 Å². The highest BCUT2D eigenvalue weighted by Gasteiger charge is 2.18. The number of carbonyl (C=O) groups is 1. The summed E-state index contributed by atoms with van der Waals surface area (Å²) in [6, 6.07) is 8.64. The van der Waals surface area contributed by atoms with Gasteiger partial charge >= 0.3 is 0 Å². The number of carbonyl (C=O) groups excluding carboxylic acids is 1. The number of nitrogens with zero attached hydrogens (tertiary/aromatic N) is 4. The maximum absolute atomic E-state index is 11.2. The van der Waals surface area contributed by atoms with Crippen LogP contribution in [-0.4, -0.2) is 52.0 Å². The van der Waals surface area contributed by atoms with Gasteiger partial charge in [0.2, 0.25) is 11.9 Å². The number of amides is 1. The van der Waals surface area contributed by atoms with Crippen LogP contribution in [0.25, 0.3) is 17.0 Å². The molecule has 1 amide bonds. The molecule has 3 heterocycles. The lowest BCUT2D eigenvalue weighted by Crippen LogP contribution is -2.34. The summed E-state index contributed by atoms with van der Waals surface area (Å²) in [5, 5.41) is 4.54. The van der Waals surface area contributed by atoms with E-state index >= 15 is 0 Å². The van der Waals surface area contributed by atoms with E-state index in [0.29, 0.717) is 23.6 Å². The first-order valence-electron chi connectivity index (χ1n) is 11.5. The Bertz CT molecular complexity index is 1220. The van der Waals surface area contributed by atoms with Crippen LogP contribution in [0.5, 0.6) is 0 Å². The highest BCUT2D eigenvalue weighted by molar-refractivity contribution is 7.99. The zero-order valence-corrected chi connectivity index (χ0v) is 20.5. The quantitative estimate of drug-likeness (QED) is 0.333. The molecule has 4 rings (SSSR count). The number of fused-ring (bicyclic) bond motifs is 1. The monoisotopic (exact) mass is 477 g/mol. The van der Waals surface area contributed by atoms with Crippen LogP contribution in [0, 0.1) is 13.8 Å². The van der Waals surface area contributed by atoms with Gasteiger partial charge in [-0.15, -0.1) is 0 Å². The lowest BCUT2D eigenvalue weighted by Gasteiger charge is -2.29. The molecular weight excluding hydrogens is 446 g/mol. The van der Waals surface area contributed by atoms with E-state index in [1.54, 1.807) is 6.08 Å². The Balaban J connectivity index is 1.52. The predicted octanol–water partition coefficient (Wildman–Crippen LogP) is 3.32. The average molecular weight is 478 g/mol. The molecule has 0 unspecified atom stereocenters. The summed E-state index contributed by atoms with van der Waals surface area (Å²) in [6.07, 6.45) is 4.70. The molecule has 0 spiro atoms. The number of thioether (sulfide) groups is 1. The number of aryl methyl sites for hydroxylation is 3. The van der Waals surface area contributed by atoms with Crippen molar-refractivity contribution in [3.8, 4) is 0 Å². The summed E-state index contributed by atoms with van der Waals surface area (Å²) in [4.78, 5) is 27.3. The molecule has 0 radical (unpaired) electrons. The fraction of sp³-hybridized carbons (Fsp3) is 0.360. The zero-order chi connectivity index (χ0) is 24.1. The second-order valence-electron chi connectivity index (χ2n) is 8.41. The maximum atomic E-state index is 11.2. The molecule has 178 valence electrons. The number of benzene rings is 1. The third-order valence-corrected chi connectivity index (χ3v) is 6.84. The van der Waals surface area contributed by atoms with Crippen molar-refractivity contribution in [2.75, 3.05) is 47.1 Å². The Morgan fingerprint density at radius 2 is 2.00 bits per heavy atom. The van der Waals surface area contributed by atoms with Crippen molar-refractivity contribution in [3.05, 3.63) is 52.7 Å². The van der Waals surface area contributed by atoms with Gasteiger partial charge in [-0.3, -0.25) is 4.79 Å². The SMILES string of the molecule is Cc1nc(N)nc(NCCCc2cc3cccc(C)c3nc2N2CCSCC2)c1/C=C/C(N)=O. The number of para-hydroxylation sites is 1. The molecule has 2 aromatic heterocycles. The normalized spacial score (nSPS) is 14.1.